The molecule has 0 fully saturated rings. The fourth-order valence-corrected chi connectivity index (χ4v) is 4.51. The van der Waals surface area contributed by atoms with Crippen molar-refractivity contribution in [1.29, 1.82) is 0 Å². The Morgan fingerprint density at radius 3 is 2.63 bits per heavy atom. The molecule has 0 spiro atoms. The standard InChI is InChI=1S/C27H30N6O2/c1-2-13-32-14-12-24-23(18-32)26(33(15-16-34)22-6-4-3-5-7-22)31-27(30-24)29-21-10-8-20(9-11-21)25-17-28-19-35-25/h3-11,17,19,34H,2,12-16,18H2,1H3,(H,29,30,31). The van der Waals surface area contributed by atoms with E-state index in [1.165, 1.54) is 6.39 Å². The lowest BCUT2D eigenvalue weighted by atomic mass is 10.0. The third-order valence-electron chi connectivity index (χ3n) is 6.16. The summed E-state index contributed by atoms with van der Waals surface area (Å²) in [7, 11) is 0. The number of nitrogens with zero attached hydrogens (tertiary/aromatic N) is 5. The van der Waals surface area contributed by atoms with Gasteiger partial charge in [-0.1, -0.05) is 25.1 Å². The summed E-state index contributed by atoms with van der Waals surface area (Å²) in [5.74, 6) is 2.12. The number of hydrogen-bond acceptors (Lipinski definition) is 8. The topological polar surface area (TPSA) is 90.6 Å². The van der Waals surface area contributed by atoms with E-state index in [1.807, 2.05) is 54.6 Å². The van der Waals surface area contributed by atoms with E-state index in [2.05, 4.69) is 27.0 Å². The number of rotatable bonds is 9. The fourth-order valence-electron chi connectivity index (χ4n) is 4.51. The Kier molecular flexibility index (Phi) is 7.02. The maximum atomic E-state index is 9.89. The van der Waals surface area contributed by atoms with E-state index in [4.69, 9.17) is 14.4 Å². The van der Waals surface area contributed by atoms with Crippen LogP contribution < -0.4 is 10.2 Å². The predicted molar refractivity (Wildman–Crippen MR) is 137 cm³/mol. The van der Waals surface area contributed by atoms with Crippen LogP contribution in [0.2, 0.25) is 0 Å². The Bertz CT molecular complexity index is 1230. The average Bonchev–Trinajstić information content (AvgIpc) is 3.43. The number of benzene rings is 2. The first-order chi connectivity index (χ1) is 17.2. The molecular weight excluding hydrogens is 440 g/mol. The van der Waals surface area contributed by atoms with Crippen LogP contribution in [0, 0.1) is 0 Å². The minimum absolute atomic E-state index is 0.0260. The first-order valence-electron chi connectivity index (χ1n) is 12.1. The van der Waals surface area contributed by atoms with Gasteiger partial charge in [-0.25, -0.2) is 9.97 Å². The van der Waals surface area contributed by atoms with Crippen LogP contribution in [0.15, 0.2) is 71.6 Å². The van der Waals surface area contributed by atoms with Crippen LogP contribution in [0.3, 0.4) is 0 Å². The number of aliphatic hydroxyl groups excluding tert-OH is 1. The highest BCUT2D eigenvalue weighted by molar-refractivity contribution is 5.67. The summed E-state index contributed by atoms with van der Waals surface area (Å²) < 4.78 is 5.39. The van der Waals surface area contributed by atoms with Crippen molar-refractivity contribution >= 4 is 23.1 Å². The van der Waals surface area contributed by atoms with Gasteiger partial charge in [0.1, 0.15) is 5.82 Å². The molecule has 0 amide bonds. The lowest BCUT2D eigenvalue weighted by molar-refractivity contribution is 0.252. The Balaban J connectivity index is 1.50. The summed E-state index contributed by atoms with van der Waals surface area (Å²) in [5.41, 5.74) is 5.03. The summed E-state index contributed by atoms with van der Waals surface area (Å²) >= 11 is 0. The quantitative estimate of drug-likeness (QED) is 0.361. The maximum absolute atomic E-state index is 9.89. The van der Waals surface area contributed by atoms with Crippen molar-refractivity contribution in [2.24, 2.45) is 0 Å². The van der Waals surface area contributed by atoms with E-state index in [1.54, 1.807) is 6.20 Å². The Hall–Kier alpha value is -3.75. The molecule has 0 saturated carbocycles. The molecule has 0 unspecified atom stereocenters. The largest absolute Gasteiger partial charge is 0.444 e. The molecule has 0 bridgehead atoms. The molecule has 0 saturated heterocycles. The number of para-hydroxylation sites is 1. The highest BCUT2D eigenvalue weighted by atomic mass is 16.3. The number of nitrogens with one attached hydrogen (secondary N) is 1. The smallest absolute Gasteiger partial charge is 0.229 e. The van der Waals surface area contributed by atoms with Crippen LogP contribution in [0.4, 0.5) is 23.1 Å². The minimum atomic E-state index is 0.0260. The number of hydrogen-bond donors (Lipinski definition) is 2. The van der Waals surface area contributed by atoms with E-state index >= 15 is 0 Å². The third-order valence-corrected chi connectivity index (χ3v) is 6.16. The molecule has 0 atom stereocenters. The zero-order valence-electron chi connectivity index (χ0n) is 19.9. The molecule has 1 aliphatic rings. The highest BCUT2D eigenvalue weighted by Crippen LogP contribution is 2.33. The molecule has 4 aromatic rings. The van der Waals surface area contributed by atoms with Crippen molar-refractivity contribution in [3.63, 3.8) is 0 Å². The first kappa shape index (κ1) is 23.0. The van der Waals surface area contributed by atoms with Crippen molar-refractivity contribution in [2.75, 3.05) is 36.5 Å². The molecule has 3 heterocycles. The normalized spacial score (nSPS) is 13.4. The van der Waals surface area contributed by atoms with Gasteiger partial charge in [0.15, 0.2) is 12.2 Å². The molecule has 8 heteroatoms. The van der Waals surface area contributed by atoms with Crippen molar-refractivity contribution in [1.82, 2.24) is 19.9 Å². The van der Waals surface area contributed by atoms with Gasteiger partial charge in [-0.05, 0) is 49.4 Å². The number of oxazole rings is 1. The molecule has 35 heavy (non-hydrogen) atoms. The third kappa shape index (κ3) is 5.18. The van der Waals surface area contributed by atoms with Gasteiger partial charge < -0.3 is 19.7 Å². The molecule has 0 radical (unpaired) electrons. The lowest BCUT2D eigenvalue weighted by Crippen LogP contribution is -2.34. The monoisotopic (exact) mass is 470 g/mol. The minimum Gasteiger partial charge on any atom is -0.444 e. The molecule has 8 nitrogen and oxygen atoms in total. The summed E-state index contributed by atoms with van der Waals surface area (Å²) in [6.07, 6.45) is 5.10. The Morgan fingerprint density at radius 1 is 1.09 bits per heavy atom. The first-order valence-corrected chi connectivity index (χ1v) is 12.1. The van der Waals surface area contributed by atoms with Crippen molar-refractivity contribution < 1.29 is 9.52 Å². The maximum Gasteiger partial charge on any atom is 0.229 e. The van der Waals surface area contributed by atoms with Crippen molar-refractivity contribution in [3.8, 4) is 11.3 Å². The van der Waals surface area contributed by atoms with Crippen LogP contribution in [-0.2, 0) is 13.0 Å². The van der Waals surface area contributed by atoms with Crippen LogP contribution in [0.25, 0.3) is 11.3 Å². The van der Waals surface area contributed by atoms with Crippen LogP contribution in [0.1, 0.15) is 24.6 Å². The van der Waals surface area contributed by atoms with E-state index in [0.29, 0.717) is 12.5 Å². The molecule has 0 aliphatic carbocycles. The summed E-state index contributed by atoms with van der Waals surface area (Å²) in [4.78, 5) is 18.4. The fraction of sp³-hybridized carbons (Fsp3) is 0.296. The van der Waals surface area contributed by atoms with Crippen molar-refractivity contribution in [3.05, 3.63) is 78.4 Å². The summed E-state index contributed by atoms with van der Waals surface area (Å²) in [6.45, 7) is 5.51. The zero-order valence-corrected chi connectivity index (χ0v) is 19.9. The molecular formula is C27H30N6O2. The number of aliphatic hydroxyl groups is 1. The second-order valence-corrected chi connectivity index (χ2v) is 8.60. The zero-order chi connectivity index (χ0) is 24.0. The van der Waals surface area contributed by atoms with Gasteiger partial charge in [0.2, 0.25) is 5.95 Å². The van der Waals surface area contributed by atoms with Crippen LogP contribution >= 0.6 is 0 Å². The number of anilines is 4. The molecule has 2 aromatic carbocycles. The summed E-state index contributed by atoms with van der Waals surface area (Å²) in [6, 6.07) is 18.0. The highest BCUT2D eigenvalue weighted by Gasteiger charge is 2.25. The van der Waals surface area contributed by atoms with Gasteiger partial charge >= 0.3 is 0 Å². The SMILES string of the molecule is CCCN1CCc2nc(Nc3ccc(-c4cnco4)cc3)nc(N(CCO)c3ccccc3)c2C1. The predicted octanol–water partition coefficient (Wildman–Crippen LogP) is 4.77. The molecule has 2 N–H and O–H groups in total. The van der Waals surface area contributed by atoms with E-state index in [-0.39, 0.29) is 6.61 Å². The second-order valence-electron chi connectivity index (χ2n) is 8.60. The molecule has 1 aliphatic heterocycles. The second kappa shape index (κ2) is 10.7. The van der Waals surface area contributed by atoms with Gasteiger partial charge in [0.05, 0.1) is 18.5 Å². The molecule has 180 valence electrons. The van der Waals surface area contributed by atoms with Gasteiger partial charge in [0.25, 0.3) is 0 Å². The van der Waals surface area contributed by atoms with Gasteiger partial charge in [-0.3, -0.25) is 4.90 Å². The Labute approximate surface area is 205 Å². The molecule has 5 rings (SSSR count). The van der Waals surface area contributed by atoms with E-state index in [9.17, 15) is 5.11 Å². The van der Waals surface area contributed by atoms with Gasteiger partial charge in [-0.15, -0.1) is 0 Å². The van der Waals surface area contributed by atoms with Crippen molar-refractivity contribution in [2.45, 2.75) is 26.3 Å². The number of fused-ring (bicyclic) bond motifs is 1. The number of aromatic nitrogens is 3. The van der Waals surface area contributed by atoms with Gasteiger partial charge in [0, 0.05) is 48.6 Å². The summed E-state index contributed by atoms with van der Waals surface area (Å²) in [5, 5.41) is 13.3. The van der Waals surface area contributed by atoms with Crippen LogP contribution in [-0.4, -0.2) is 51.2 Å². The average molecular weight is 471 g/mol. The lowest BCUT2D eigenvalue weighted by Gasteiger charge is -2.33. The van der Waals surface area contributed by atoms with E-state index in [0.717, 1.165) is 72.2 Å². The Morgan fingerprint density at radius 2 is 1.91 bits per heavy atom. The van der Waals surface area contributed by atoms with Gasteiger partial charge in [-0.2, -0.15) is 4.98 Å². The molecule has 2 aromatic heterocycles. The van der Waals surface area contributed by atoms with E-state index < -0.39 is 0 Å². The van der Waals surface area contributed by atoms with Crippen LogP contribution in [0.5, 0.6) is 0 Å².